The summed E-state index contributed by atoms with van der Waals surface area (Å²) in [5, 5.41) is 19.0. The monoisotopic (exact) mass is 495 g/mol. The molecule has 6 atom stereocenters. The lowest BCUT2D eigenvalue weighted by molar-refractivity contribution is -0.141. The SMILES string of the molecule is COCCN(C(=O)O)[C@@H]1C[C@]23CCO[C@@H]4[C@H]2[C@@H](C(=O)N4c2ccc(C#N)c(C(F)(F)F)c2)[C@@]1(C)O3. The predicted octanol–water partition coefficient (Wildman–Crippen LogP) is 2.83. The van der Waals surface area contributed by atoms with Crippen molar-refractivity contribution < 1.29 is 42.1 Å². The summed E-state index contributed by atoms with van der Waals surface area (Å²) in [5.41, 5.74) is -3.72. The number of carbonyl (C=O) groups is 2. The number of anilines is 1. The molecule has 188 valence electrons. The van der Waals surface area contributed by atoms with Crippen LogP contribution in [-0.4, -0.2) is 72.3 Å². The highest BCUT2D eigenvalue weighted by molar-refractivity contribution is 6.00. The lowest BCUT2D eigenvalue weighted by Gasteiger charge is -2.44. The number of carboxylic acid groups (broad SMARTS) is 1. The molecule has 0 unspecified atom stereocenters. The third kappa shape index (κ3) is 3.25. The van der Waals surface area contributed by atoms with Crippen LogP contribution in [0.2, 0.25) is 0 Å². The van der Waals surface area contributed by atoms with Crippen molar-refractivity contribution in [2.45, 2.75) is 49.4 Å². The van der Waals surface area contributed by atoms with E-state index in [9.17, 15) is 27.9 Å². The Morgan fingerprint density at radius 3 is 2.80 bits per heavy atom. The standard InChI is InChI=1S/C23H24F3N3O6/c1-21-15(28(20(31)32)6-8-33-2)10-22(35-21)5-7-34-19-17(22)16(21)18(30)29(19)13-4-3-12(11-27)14(9-13)23(24,25)26/h3-4,9,15-17,19H,5-8,10H2,1-2H3,(H,31,32)/t15-,16+,17-,19-,21+,22-/m1/s1. The van der Waals surface area contributed by atoms with E-state index >= 15 is 0 Å². The molecule has 4 saturated heterocycles. The molecule has 0 saturated carbocycles. The number of fused-ring (bicyclic) bond motifs is 2. The number of hydrogen-bond acceptors (Lipinski definition) is 6. The number of amides is 2. The van der Waals surface area contributed by atoms with Gasteiger partial charge in [0.2, 0.25) is 5.91 Å². The van der Waals surface area contributed by atoms with Crippen molar-refractivity contribution >= 4 is 17.7 Å². The van der Waals surface area contributed by atoms with Crippen molar-refractivity contribution in [1.82, 2.24) is 4.90 Å². The zero-order chi connectivity index (χ0) is 25.3. The van der Waals surface area contributed by atoms with E-state index in [0.717, 1.165) is 12.1 Å². The molecule has 1 aromatic rings. The van der Waals surface area contributed by atoms with E-state index in [2.05, 4.69) is 0 Å². The minimum atomic E-state index is -4.78. The molecule has 9 nitrogen and oxygen atoms in total. The Hall–Kier alpha value is -2.88. The largest absolute Gasteiger partial charge is 0.465 e. The van der Waals surface area contributed by atoms with E-state index in [0.29, 0.717) is 12.8 Å². The summed E-state index contributed by atoms with van der Waals surface area (Å²) in [6.07, 6.45) is -6.00. The van der Waals surface area contributed by atoms with Crippen LogP contribution < -0.4 is 4.90 Å². The Morgan fingerprint density at radius 1 is 1.43 bits per heavy atom. The fourth-order valence-corrected chi connectivity index (χ4v) is 6.60. The molecule has 4 fully saturated rings. The van der Waals surface area contributed by atoms with Gasteiger partial charge in [0, 0.05) is 38.1 Å². The second-order valence-electron chi connectivity index (χ2n) is 9.60. The Morgan fingerprint density at radius 2 is 2.17 bits per heavy atom. The summed E-state index contributed by atoms with van der Waals surface area (Å²) in [7, 11) is 1.46. The van der Waals surface area contributed by atoms with Gasteiger partial charge in [0.25, 0.3) is 0 Å². The Labute approximate surface area is 198 Å². The summed E-state index contributed by atoms with van der Waals surface area (Å²) in [6, 6.07) is 4.06. The minimum Gasteiger partial charge on any atom is -0.465 e. The van der Waals surface area contributed by atoms with Crippen LogP contribution in [0.4, 0.5) is 23.7 Å². The minimum absolute atomic E-state index is 0.0215. The highest BCUT2D eigenvalue weighted by atomic mass is 19.4. The van der Waals surface area contributed by atoms with Crippen LogP contribution in [0.5, 0.6) is 0 Å². The van der Waals surface area contributed by atoms with E-state index in [-0.39, 0.29) is 25.4 Å². The first-order chi connectivity index (χ1) is 16.5. The van der Waals surface area contributed by atoms with Gasteiger partial charge >= 0.3 is 12.3 Å². The van der Waals surface area contributed by atoms with Gasteiger partial charge in [-0.1, -0.05) is 0 Å². The van der Waals surface area contributed by atoms with Crippen LogP contribution in [0.3, 0.4) is 0 Å². The van der Waals surface area contributed by atoms with Crippen molar-refractivity contribution in [1.29, 1.82) is 5.26 Å². The first kappa shape index (κ1) is 23.8. The van der Waals surface area contributed by atoms with E-state index in [1.54, 1.807) is 13.0 Å². The van der Waals surface area contributed by atoms with Crippen molar-refractivity contribution in [2.75, 3.05) is 31.8 Å². The van der Waals surface area contributed by atoms with Crippen LogP contribution in [-0.2, 0) is 25.2 Å². The summed E-state index contributed by atoms with van der Waals surface area (Å²) >= 11 is 0. The maximum absolute atomic E-state index is 13.8. The Kier molecular flexibility index (Phi) is 5.32. The van der Waals surface area contributed by atoms with E-state index in [4.69, 9.17) is 19.5 Å². The highest BCUT2D eigenvalue weighted by Gasteiger charge is 2.79. The van der Waals surface area contributed by atoms with Gasteiger partial charge in [-0.05, 0) is 25.1 Å². The molecule has 1 spiro atoms. The first-order valence-corrected chi connectivity index (χ1v) is 11.2. The topological polar surface area (TPSA) is 112 Å². The van der Waals surface area contributed by atoms with Crippen LogP contribution in [0.15, 0.2) is 18.2 Å². The molecule has 2 bridgehead atoms. The molecule has 0 radical (unpaired) electrons. The summed E-state index contributed by atoms with van der Waals surface area (Å²) < 4.78 is 58.3. The third-order valence-electron chi connectivity index (χ3n) is 7.95. The zero-order valence-electron chi connectivity index (χ0n) is 19.0. The smallest absolute Gasteiger partial charge is 0.417 e. The molecular formula is C23H24F3N3O6. The number of carbonyl (C=O) groups excluding carboxylic acids is 1. The second kappa shape index (κ2) is 7.81. The maximum Gasteiger partial charge on any atom is 0.417 e. The fraction of sp³-hybridized carbons (Fsp3) is 0.609. The van der Waals surface area contributed by atoms with Crippen molar-refractivity contribution in [3.05, 3.63) is 29.3 Å². The number of ether oxygens (including phenoxy) is 3. The number of benzene rings is 1. The fourth-order valence-electron chi connectivity index (χ4n) is 6.60. The van der Waals surface area contributed by atoms with Gasteiger partial charge in [-0.15, -0.1) is 0 Å². The van der Waals surface area contributed by atoms with Crippen LogP contribution in [0.25, 0.3) is 0 Å². The molecular weight excluding hydrogens is 471 g/mol. The highest BCUT2D eigenvalue weighted by Crippen LogP contribution is 2.66. The second-order valence-corrected chi connectivity index (χ2v) is 9.60. The summed E-state index contributed by atoms with van der Waals surface area (Å²) in [6.45, 7) is 2.16. The summed E-state index contributed by atoms with van der Waals surface area (Å²) in [4.78, 5) is 28.4. The molecule has 4 aliphatic heterocycles. The van der Waals surface area contributed by atoms with Gasteiger partial charge in [-0.2, -0.15) is 18.4 Å². The molecule has 1 N–H and O–H groups in total. The Bertz CT molecular complexity index is 1120. The molecule has 4 aliphatic rings. The van der Waals surface area contributed by atoms with Crippen molar-refractivity contribution in [3.63, 3.8) is 0 Å². The average molecular weight is 495 g/mol. The van der Waals surface area contributed by atoms with Crippen molar-refractivity contribution in [3.8, 4) is 6.07 Å². The number of halogens is 3. The number of rotatable bonds is 5. The van der Waals surface area contributed by atoms with Crippen LogP contribution in [0, 0.1) is 23.2 Å². The van der Waals surface area contributed by atoms with E-state index in [1.807, 2.05) is 0 Å². The van der Waals surface area contributed by atoms with Crippen LogP contribution in [0.1, 0.15) is 30.9 Å². The number of alkyl halides is 3. The number of nitrogens with zero attached hydrogens (tertiary/aromatic N) is 3. The Balaban J connectivity index is 1.56. The lowest BCUT2D eigenvalue weighted by Crippen LogP contribution is -2.59. The molecule has 4 heterocycles. The molecule has 0 aliphatic carbocycles. The first-order valence-electron chi connectivity index (χ1n) is 11.2. The number of nitriles is 1. The predicted molar refractivity (Wildman–Crippen MR) is 112 cm³/mol. The zero-order valence-corrected chi connectivity index (χ0v) is 19.0. The van der Waals surface area contributed by atoms with Gasteiger partial charge < -0.3 is 24.2 Å². The molecule has 1 aromatic carbocycles. The van der Waals surface area contributed by atoms with Gasteiger partial charge in [0.15, 0.2) is 0 Å². The van der Waals surface area contributed by atoms with E-state index in [1.165, 1.54) is 23.0 Å². The molecule has 5 rings (SSSR count). The third-order valence-corrected chi connectivity index (χ3v) is 7.95. The summed E-state index contributed by atoms with van der Waals surface area (Å²) in [5.74, 6) is -1.75. The van der Waals surface area contributed by atoms with Gasteiger partial charge in [-0.25, -0.2) is 4.79 Å². The lowest BCUT2D eigenvalue weighted by atomic mass is 9.63. The number of methoxy groups -OCH3 is 1. The molecule has 35 heavy (non-hydrogen) atoms. The van der Waals surface area contributed by atoms with Gasteiger partial charge in [0.1, 0.15) is 6.23 Å². The molecule has 2 amide bonds. The van der Waals surface area contributed by atoms with E-state index < -0.39 is 64.6 Å². The normalized spacial score (nSPS) is 35.2. The van der Waals surface area contributed by atoms with Gasteiger partial charge in [0.05, 0.1) is 53.6 Å². The average Bonchev–Trinajstić information content (AvgIpc) is 3.36. The maximum atomic E-state index is 13.8. The number of hydrogen-bond donors (Lipinski definition) is 1. The van der Waals surface area contributed by atoms with Crippen molar-refractivity contribution in [2.24, 2.45) is 11.8 Å². The molecule has 0 aromatic heterocycles. The van der Waals surface area contributed by atoms with Crippen LogP contribution >= 0.6 is 0 Å². The quantitative estimate of drug-likeness (QED) is 0.669. The molecule has 12 heteroatoms. The van der Waals surface area contributed by atoms with Gasteiger partial charge in [-0.3, -0.25) is 9.69 Å².